The molecular weight excluding hydrogens is 472 g/mol. The van der Waals surface area contributed by atoms with E-state index in [4.69, 9.17) is 4.52 Å². The Morgan fingerprint density at radius 1 is 1.09 bits per heavy atom. The van der Waals surface area contributed by atoms with E-state index >= 15 is 0 Å². The molecule has 2 fully saturated rings. The lowest BCUT2D eigenvalue weighted by Gasteiger charge is -2.32. The van der Waals surface area contributed by atoms with Crippen LogP contribution in [-0.2, 0) is 11.3 Å². The van der Waals surface area contributed by atoms with Crippen LogP contribution in [0.1, 0.15) is 25.2 Å². The number of piperazine rings is 1. The van der Waals surface area contributed by atoms with Gasteiger partial charge in [-0.3, -0.25) is 9.69 Å². The van der Waals surface area contributed by atoms with Crippen LogP contribution in [0.25, 0.3) is 11.4 Å². The largest absolute Gasteiger partial charge is 0.356 e. The molecule has 0 saturated carbocycles. The summed E-state index contributed by atoms with van der Waals surface area (Å²) in [5.41, 5.74) is 0.936. The minimum atomic E-state index is 0.107. The van der Waals surface area contributed by atoms with Crippen molar-refractivity contribution in [3.05, 3.63) is 34.6 Å². The molecule has 0 bridgehead atoms. The molecule has 2 aromatic rings. The molecule has 4 rings (SSSR count). The summed E-state index contributed by atoms with van der Waals surface area (Å²) < 4.78 is 6.47. The van der Waals surface area contributed by atoms with Crippen molar-refractivity contribution in [3.8, 4) is 11.4 Å². The van der Waals surface area contributed by atoms with Gasteiger partial charge in [0.25, 0.3) is 0 Å². The maximum atomic E-state index is 12.5. The zero-order valence-electron chi connectivity index (χ0n) is 18.8. The lowest BCUT2D eigenvalue weighted by atomic mass is 9.96. The Labute approximate surface area is 198 Å². The van der Waals surface area contributed by atoms with Gasteiger partial charge in [0.1, 0.15) is 0 Å². The lowest BCUT2D eigenvalue weighted by molar-refractivity contribution is -0.126. The second kappa shape index (κ2) is 11.4. The van der Waals surface area contributed by atoms with E-state index in [1.165, 1.54) is 0 Å². The number of carbonyl (C=O) groups excluding carboxylic acids is 1. The first kappa shape index (κ1) is 23.4. The zero-order valence-corrected chi connectivity index (χ0v) is 20.4. The third-order valence-corrected chi connectivity index (χ3v) is 6.96. The van der Waals surface area contributed by atoms with E-state index in [9.17, 15) is 4.79 Å². The highest BCUT2D eigenvalue weighted by Gasteiger charge is 2.26. The van der Waals surface area contributed by atoms with Crippen molar-refractivity contribution in [1.82, 2.24) is 30.2 Å². The number of amides is 1. The van der Waals surface area contributed by atoms with E-state index in [1.54, 1.807) is 0 Å². The molecule has 1 aromatic heterocycles. The van der Waals surface area contributed by atoms with Gasteiger partial charge in [-0.25, -0.2) is 0 Å². The van der Waals surface area contributed by atoms with E-state index in [-0.39, 0.29) is 11.8 Å². The molecule has 32 heavy (non-hydrogen) atoms. The maximum Gasteiger partial charge on any atom is 0.241 e. The van der Waals surface area contributed by atoms with Crippen LogP contribution < -0.4 is 5.32 Å². The number of hydrogen-bond donors (Lipinski definition) is 1. The van der Waals surface area contributed by atoms with Crippen molar-refractivity contribution >= 4 is 21.8 Å². The molecule has 0 spiro atoms. The quantitative estimate of drug-likeness (QED) is 0.553. The number of likely N-dealkylation sites (tertiary alicyclic amines) is 1. The summed E-state index contributed by atoms with van der Waals surface area (Å²) in [5, 5.41) is 7.26. The summed E-state index contributed by atoms with van der Waals surface area (Å²) in [6.07, 6.45) is 2.77. The number of nitrogens with one attached hydrogen (secondary N) is 1. The Kier molecular flexibility index (Phi) is 8.29. The fraction of sp³-hybridized carbons (Fsp3) is 0.609. The van der Waals surface area contributed by atoms with Crippen LogP contribution in [0, 0.1) is 5.92 Å². The van der Waals surface area contributed by atoms with Crippen molar-refractivity contribution in [1.29, 1.82) is 0 Å². The average Bonchev–Trinajstić information content (AvgIpc) is 3.27. The topological polar surface area (TPSA) is 77.7 Å². The van der Waals surface area contributed by atoms with Crippen molar-refractivity contribution in [2.24, 2.45) is 5.92 Å². The van der Waals surface area contributed by atoms with Gasteiger partial charge in [0.2, 0.25) is 17.6 Å². The Bertz CT molecular complexity index is 858. The molecule has 2 aliphatic rings. The third-order valence-electron chi connectivity index (χ3n) is 6.43. The Balaban J connectivity index is 1.14. The Morgan fingerprint density at radius 2 is 1.81 bits per heavy atom. The van der Waals surface area contributed by atoms with Crippen LogP contribution >= 0.6 is 15.9 Å². The molecule has 0 atom stereocenters. The van der Waals surface area contributed by atoms with E-state index < -0.39 is 0 Å². The van der Waals surface area contributed by atoms with Crippen molar-refractivity contribution in [3.63, 3.8) is 0 Å². The normalized spacial score (nSPS) is 19.3. The molecule has 1 amide bonds. The fourth-order valence-corrected chi connectivity index (χ4v) is 4.57. The number of rotatable bonds is 8. The van der Waals surface area contributed by atoms with Gasteiger partial charge in [0.05, 0.1) is 6.54 Å². The summed E-state index contributed by atoms with van der Waals surface area (Å²) in [7, 11) is 2.17. The number of carbonyl (C=O) groups is 1. The maximum absolute atomic E-state index is 12.5. The van der Waals surface area contributed by atoms with Crippen molar-refractivity contribution in [2.45, 2.75) is 25.8 Å². The van der Waals surface area contributed by atoms with Crippen molar-refractivity contribution in [2.75, 3.05) is 59.4 Å². The molecule has 1 aromatic carbocycles. The van der Waals surface area contributed by atoms with Crippen LogP contribution in [0.3, 0.4) is 0 Å². The molecule has 2 saturated heterocycles. The molecule has 8 nitrogen and oxygen atoms in total. The molecule has 1 N–H and O–H groups in total. The van der Waals surface area contributed by atoms with Crippen LogP contribution in [0.5, 0.6) is 0 Å². The number of halogens is 1. The number of hydrogen-bond acceptors (Lipinski definition) is 7. The van der Waals surface area contributed by atoms with Crippen LogP contribution in [-0.4, -0.2) is 90.2 Å². The number of nitrogens with zero attached hydrogens (tertiary/aromatic N) is 5. The van der Waals surface area contributed by atoms with E-state index in [0.29, 0.717) is 18.3 Å². The lowest BCUT2D eigenvalue weighted by Crippen LogP contribution is -2.45. The second-order valence-corrected chi connectivity index (χ2v) is 9.77. The van der Waals surface area contributed by atoms with E-state index in [1.807, 2.05) is 24.3 Å². The van der Waals surface area contributed by atoms with Crippen LogP contribution in [0.2, 0.25) is 0 Å². The van der Waals surface area contributed by atoms with Gasteiger partial charge in [-0.1, -0.05) is 21.1 Å². The van der Waals surface area contributed by atoms with Gasteiger partial charge in [-0.2, -0.15) is 4.98 Å². The highest BCUT2D eigenvalue weighted by Crippen LogP contribution is 2.22. The summed E-state index contributed by atoms with van der Waals surface area (Å²) in [4.78, 5) is 24.2. The highest BCUT2D eigenvalue weighted by atomic mass is 79.9. The molecule has 9 heteroatoms. The molecule has 2 aliphatic heterocycles. The summed E-state index contributed by atoms with van der Waals surface area (Å²) in [6.45, 7) is 8.75. The van der Waals surface area contributed by atoms with Gasteiger partial charge in [0, 0.05) is 48.7 Å². The molecule has 0 aliphatic carbocycles. The summed E-state index contributed by atoms with van der Waals surface area (Å²) in [6, 6.07) is 7.86. The number of benzene rings is 1. The van der Waals surface area contributed by atoms with Gasteiger partial charge in [-0.15, -0.1) is 0 Å². The van der Waals surface area contributed by atoms with E-state index in [0.717, 1.165) is 81.7 Å². The first-order valence-electron chi connectivity index (χ1n) is 11.6. The van der Waals surface area contributed by atoms with Crippen molar-refractivity contribution < 1.29 is 9.32 Å². The molecule has 3 heterocycles. The zero-order chi connectivity index (χ0) is 22.3. The third kappa shape index (κ3) is 6.60. The fourth-order valence-electron chi connectivity index (χ4n) is 4.31. The number of piperidine rings is 1. The summed E-state index contributed by atoms with van der Waals surface area (Å²) >= 11 is 3.44. The average molecular weight is 505 g/mol. The van der Waals surface area contributed by atoms with Gasteiger partial charge >= 0.3 is 0 Å². The molecule has 174 valence electrons. The number of aromatic nitrogens is 2. The predicted octanol–water partition coefficient (Wildman–Crippen LogP) is 2.46. The van der Waals surface area contributed by atoms with Crippen LogP contribution in [0.4, 0.5) is 0 Å². The molecule has 0 radical (unpaired) electrons. The monoisotopic (exact) mass is 504 g/mol. The molecular formula is C23H33BrN6O2. The predicted molar refractivity (Wildman–Crippen MR) is 127 cm³/mol. The van der Waals surface area contributed by atoms with Gasteiger partial charge < -0.3 is 19.6 Å². The Hall–Kier alpha value is -1.81. The minimum Gasteiger partial charge on any atom is -0.356 e. The standard InChI is InChI=1S/C23H33BrN6O2/c1-28-13-15-29(16-14-28)10-2-9-25-23(31)19-7-11-30(12-8-19)17-21-26-22(27-32-21)18-3-5-20(24)6-4-18/h3-6,19H,2,7-17H2,1H3,(H,25,31). The van der Waals surface area contributed by atoms with Crippen LogP contribution in [0.15, 0.2) is 33.3 Å². The summed E-state index contributed by atoms with van der Waals surface area (Å²) in [5.74, 6) is 1.54. The molecule has 0 unspecified atom stereocenters. The minimum absolute atomic E-state index is 0.107. The smallest absolute Gasteiger partial charge is 0.241 e. The first-order valence-corrected chi connectivity index (χ1v) is 12.4. The SMILES string of the molecule is CN1CCN(CCCNC(=O)C2CCN(Cc3nc(-c4ccc(Br)cc4)no3)CC2)CC1. The highest BCUT2D eigenvalue weighted by molar-refractivity contribution is 9.10. The Morgan fingerprint density at radius 3 is 2.53 bits per heavy atom. The first-order chi connectivity index (χ1) is 15.6. The number of likely N-dealkylation sites (N-methyl/N-ethyl adjacent to an activating group) is 1. The van der Waals surface area contributed by atoms with Gasteiger partial charge in [-0.05, 0) is 70.2 Å². The second-order valence-electron chi connectivity index (χ2n) is 8.86. The van der Waals surface area contributed by atoms with Gasteiger partial charge in [0.15, 0.2) is 0 Å². The van der Waals surface area contributed by atoms with E-state index in [2.05, 4.69) is 53.1 Å².